The number of aliphatic hydroxyl groups is 1. The predicted octanol–water partition coefficient (Wildman–Crippen LogP) is 25.8. The van der Waals surface area contributed by atoms with Crippen molar-refractivity contribution in [3.05, 3.63) is 0 Å². The van der Waals surface area contributed by atoms with E-state index >= 15 is 0 Å². The summed E-state index contributed by atoms with van der Waals surface area (Å²) in [6.07, 6.45) is 68.2. The average molecular weight is 1520 g/mol. The SMILES string of the molecule is CCCCCCCCCCCCCCCCCCCCCC(=O)OC[C@H](COP(=O)(O)OC[C@@H](O)COP(=O)(O)OC[C@@H](COC(=O)CCCCCCCCC(C)C)OC(=O)CCCCCCCCCCCCCCCC)OC(=O)CCCCCCCCCCCCCCCCCCCCC(C)CC. The largest absolute Gasteiger partial charge is 0.472 e. The van der Waals surface area contributed by atoms with Crippen molar-refractivity contribution >= 4 is 39.5 Å². The van der Waals surface area contributed by atoms with Gasteiger partial charge in [-0.3, -0.25) is 37.3 Å². The molecule has 0 fully saturated rings. The quantitative estimate of drug-likeness (QED) is 0.0222. The van der Waals surface area contributed by atoms with Crippen LogP contribution in [0.5, 0.6) is 0 Å². The van der Waals surface area contributed by atoms with Crippen molar-refractivity contribution in [1.29, 1.82) is 0 Å². The van der Waals surface area contributed by atoms with E-state index in [4.69, 9.17) is 37.0 Å². The van der Waals surface area contributed by atoms with Crippen molar-refractivity contribution in [2.75, 3.05) is 39.6 Å². The highest BCUT2D eigenvalue weighted by molar-refractivity contribution is 7.47. The highest BCUT2D eigenvalue weighted by Crippen LogP contribution is 2.45. The van der Waals surface area contributed by atoms with Crippen molar-refractivity contribution < 1.29 is 80.2 Å². The molecule has 104 heavy (non-hydrogen) atoms. The van der Waals surface area contributed by atoms with Crippen LogP contribution in [0, 0.1) is 11.8 Å². The van der Waals surface area contributed by atoms with Crippen molar-refractivity contribution in [3.8, 4) is 0 Å². The summed E-state index contributed by atoms with van der Waals surface area (Å²) < 4.78 is 68.8. The van der Waals surface area contributed by atoms with E-state index in [9.17, 15) is 43.2 Å². The molecule has 0 amide bonds. The Bertz CT molecular complexity index is 2000. The Morgan fingerprint density at radius 1 is 0.279 bits per heavy atom. The van der Waals surface area contributed by atoms with E-state index in [2.05, 4.69) is 41.5 Å². The number of carbonyl (C=O) groups is 4. The highest BCUT2D eigenvalue weighted by Gasteiger charge is 2.30. The van der Waals surface area contributed by atoms with E-state index in [0.29, 0.717) is 31.6 Å². The first kappa shape index (κ1) is 102. The Hall–Kier alpha value is -1.94. The number of phosphoric ester groups is 2. The van der Waals surface area contributed by atoms with Crippen molar-refractivity contribution in [2.45, 2.75) is 471 Å². The highest BCUT2D eigenvalue weighted by atomic mass is 31.2. The maximum atomic E-state index is 13.1. The number of phosphoric acid groups is 2. The van der Waals surface area contributed by atoms with Crippen LogP contribution in [0.1, 0.15) is 452 Å². The van der Waals surface area contributed by atoms with Gasteiger partial charge in [0.1, 0.15) is 19.3 Å². The van der Waals surface area contributed by atoms with Gasteiger partial charge < -0.3 is 33.8 Å². The van der Waals surface area contributed by atoms with Crippen LogP contribution in [-0.4, -0.2) is 96.7 Å². The molecule has 0 heterocycles. The van der Waals surface area contributed by atoms with Crippen molar-refractivity contribution in [2.24, 2.45) is 11.8 Å². The number of aliphatic hydroxyl groups excluding tert-OH is 1. The zero-order valence-electron chi connectivity index (χ0n) is 68.3. The third-order valence-electron chi connectivity index (χ3n) is 20.3. The fraction of sp³-hybridized carbons (Fsp3) is 0.953. The summed E-state index contributed by atoms with van der Waals surface area (Å²) in [7, 11) is -9.92. The minimum absolute atomic E-state index is 0.107. The molecule has 0 radical (unpaired) electrons. The molecule has 3 unspecified atom stereocenters. The first-order chi connectivity index (χ1) is 50.4. The summed E-state index contributed by atoms with van der Waals surface area (Å²) in [6.45, 7) is 9.65. The van der Waals surface area contributed by atoms with Crippen molar-refractivity contribution in [3.63, 3.8) is 0 Å². The smallest absolute Gasteiger partial charge is 0.462 e. The van der Waals surface area contributed by atoms with E-state index in [1.165, 1.54) is 263 Å². The molecule has 618 valence electrons. The van der Waals surface area contributed by atoms with E-state index in [-0.39, 0.29) is 25.7 Å². The van der Waals surface area contributed by atoms with Crippen LogP contribution < -0.4 is 0 Å². The summed E-state index contributed by atoms with van der Waals surface area (Å²) in [4.78, 5) is 73.1. The van der Waals surface area contributed by atoms with Crippen molar-refractivity contribution in [1.82, 2.24) is 0 Å². The first-order valence-corrected chi connectivity index (χ1v) is 47.0. The molecular formula is C85H166O17P2. The number of rotatable bonds is 84. The summed E-state index contributed by atoms with van der Waals surface area (Å²) in [6, 6.07) is 0. The summed E-state index contributed by atoms with van der Waals surface area (Å²) in [5, 5.41) is 10.7. The van der Waals surface area contributed by atoms with E-state index < -0.39 is 97.5 Å². The lowest BCUT2D eigenvalue weighted by molar-refractivity contribution is -0.161. The maximum absolute atomic E-state index is 13.1. The van der Waals surface area contributed by atoms with Gasteiger partial charge in [0.2, 0.25) is 0 Å². The predicted molar refractivity (Wildman–Crippen MR) is 428 cm³/mol. The molecule has 0 bridgehead atoms. The second-order valence-corrected chi connectivity index (χ2v) is 34.2. The molecule has 17 nitrogen and oxygen atoms in total. The molecule has 0 saturated carbocycles. The maximum Gasteiger partial charge on any atom is 0.472 e. The van der Waals surface area contributed by atoms with Gasteiger partial charge in [-0.1, -0.05) is 401 Å². The average Bonchev–Trinajstić information content (AvgIpc) is 0.907. The Labute approximate surface area is 638 Å². The molecule has 0 rings (SSSR count). The van der Waals surface area contributed by atoms with Gasteiger partial charge in [0.05, 0.1) is 26.4 Å². The fourth-order valence-corrected chi connectivity index (χ4v) is 14.8. The third-order valence-corrected chi connectivity index (χ3v) is 22.2. The Morgan fingerprint density at radius 3 is 0.731 bits per heavy atom. The minimum Gasteiger partial charge on any atom is -0.462 e. The zero-order valence-corrected chi connectivity index (χ0v) is 70.1. The molecule has 0 aliphatic heterocycles. The molecule has 0 spiro atoms. The number of ether oxygens (including phenoxy) is 4. The Balaban J connectivity index is 5.20. The summed E-state index contributed by atoms with van der Waals surface area (Å²) in [5.41, 5.74) is 0. The van der Waals surface area contributed by atoms with Crippen LogP contribution in [0.4, 0.5) is 0 Å². The number of hydrogen-bond donors (Lipinski definition) is 3. The topological polar surface area (TPSA) is 237 Å². The number of esters is 4. The van der Waals surface area contributed by atoms with Gasteiger partial charge in [0.15, 0.2) is 12.2 Å². The van der Waals surface area contributed by atoms with Gasteiger partial charge >= 0.3 is 39.5 Å². The lowest BCUT2D eigenvalue weighted by Gasteiger charge is -2.21. The van der Waals surface area contributed by atoms with E-state index in [1.54, 1.807) is 0 Å². The van der Waals surface area contributed by atoms with Crippen LogP contribution in [-0.2, 0) is 65.4 Å². The molecule has 0 saturated heterocycles. The Kier molecular flexibility index (Phi) is 75.0. The lowest BCUT2D eigenvalue weighted by Crippen LogP contribution is -2.30. The molecule has 19 heteroatoms. The number of carbonyl (C=O) groups excluding carboxylic acids is 4. The molecule has 6 atom stereocenters. The molecule has 3 N–H and O–H groups in total. The van der Waals surface area contributed by atoms with Gasteiger partial charge in [0.25, 0.3) is 0 Å². The minimum atomic E-state index is -4.96. The van der Waals surface area contributed by atoms with Gasteiger partial charge in [-0.25, -0.2) is 9.13 Å². The monoisotopic (exact) mass is 1520 g/mol. The van der Waals surface area contributed by atoms with Crippen LogP contribution in [0.3, 0.4) is 0 Å². The molecule has 0 aliphatic rings. The van der Waals surface area contributed by atoms with Crippen LogP contribution >= 0.6 is 15.6 Å². The Morgan fingerprint density at radius 2 is 0.490 bits per heavy atom. The molecule has 0 aromatic heterocycles. The van der Waals surface area contributed by atoms with Gasteiger partial charge in [-0.15, -0.1) is 0 Å². The molecule has 0 aromatic carbocycles. The number of hydrogen-bond acceptors (Lipinski definition) is 15. The molecule has 0 aromatic rings. The summed E-state index contributed by atoms with van der Waals surface area (Å²) >= 11 is 0. The molecule has 0 aliphatic carbocycles. The van der Waals surface area contributed by atoms with E-state index in [1.807, 2.05) is 0 Å². The second kappa shape index (κ2) is 76.4. The standard InChI is InChI=1S/C85H166O17P2/c1-7-10-12-14-16-18-20-22-24-25-26-30-33-37-40-44-48-55-61-67-82(87)95-73-80(101-84(89)70-64-58-50-46-42-38-34-31-28-27-29-32-35-39-43-47-54-60-66-78(6)9-3)75-99-103(91,92)97-71-79(86)72-98-104(93,94)100-76-81(74-96-83(88)68-62-56-52-51-53-59-65-77(4)5)102-85(90)69-63-57-49-45-41-36-23-21-19-17-15-13-11-8-2/h77-81,86H,7-76H2,1-6H3,(H,91,92)(H,93,94)/t78?,79-,80-,81-/m1/s1. The zero-order chi connectivity index (χ0) is 76.4. The normalized spacial score (nSPS) is 14.1. The van der Waals surface area contributed by atoms with Crippen LogP contribution in [0.15, 0.2) is 0 Å². The van der Waals surface area contributed by atoms with Gasteiger partial charge in [0, 0.05) is 25.7 Å². The van der Waals surface area contributed by atoms with Crippen LogP contribution in [0.25, 0.3) is 0 Å². The molecular weight excluding hydrogens is 1350 g/mol. The summed E-state index contributed by atoms with van der Waals surface area (Å²) in [5.74, 6) is -0.555. The first-order valence-electron chi connectivity index (χ1n) is 44.0. The number of unbranched alkanes of at least 4 members (excludes halogenated alkanes) is 53. The fourth-order valence-electron chi connectivity index (χ4n) is 13.2. The van der Waals surface area contributed by atoms with Gasteiger partial charge in [-0.05, 0) is 37.5 Å². The lowest BCUT2D eigenvalue weighted by atomic mass is 9.99. The van der Waals surface area contributed by atoms with Gasteiger partial charge in [-0.2, -0.15) is 0 Å². The second-order valence-electron chi connectivity index (χ2n) is 31.3. The third kappa shape index (κ3) is 76.8. The van der Waals surface area contributed by atoms with E-state index in [0.717, 1.165) is 102 Å². The van der Waals surface area contributed by atoms with Crippen LogP contribution in [0.2, 0.25) is 0 Å².